The van der Waals surface area contributed by atoms with Gasteiger partial charge in [-0.25, -0.2) is 4.39 Å². The van der Waals surface area contributed by atoms with Crippen LogP contribution in [0.5, 0.6) is 0 Å². The minimum atomic E-state index is -0.369. The zero-order chi connectivity index (χ0) is 31.0. The Hall–Kier alpha value is -2.64. The molecule has 0 spiro atoms. The van der Waals surface area contributed by atoms with E-state index in [1.54, 1.807) is 0 Å². The Labute approximate surface area is 254 Å². The van der Waals surface area contributed by atoms with Crippen molar-refractivity contribution in [2.75, 3.05) is 27.4 Å². The minimum absolute atomic E-state index is 0.0526. The number of hydrogen-bond acceptors (Lipinski definition) is 6. The van der Waals surface area contributed by atoms with Crippen LogP contribution in [0.25, 0.3) is 0 Å². The van der Waals surface area contributed by atoms with Crippen LogP contribution in [0.2, 0.25) is 0 Å². The average molecular weight is 583 g/mol. The highest BCUT2D eigenvalue weighted by Gasteiger charge is 2.38. The Bertz CT molecular complexity index is 1150. The van der Waals surface area contributed by atoms with Gasteiger partial charge in [0.25, 0.3) is 6.02 Å². The highest BCUT2D eigenvalue weighted by Crippen LogP contribution is 2.37. The number of fused-ring (bicyclic) bond motifs is 2. The number of rotatable bonds is 10. The second-order valence-electron chi connectivity index (χ2n) is 12.6. The Morgan fingerprint density at radius 2 is 2.02 bits per heavy atom. The molecule has 2 heterocycles. The first-order chi connectivity index (χ1) is 20.0. The van der Waals surface area contributed by atoms with Gasteiger partial charge in [-0.1, -0.05) is 83.1 Å². The van der Waals surface area contributed by atoms with Gasteiger partial charge in [0.2, 0.25) is 0 Å². The lowest BCUT2D eigenvalue weighted by atomic mass is 9.83. The van der Waals surface area contributed by atoms with Crippen molar-refractivity contribution in [1.82, 2.24) is 9.80 Å². The third kappa shape index (κ3) is 8.25. The fraction of sp³-hybridized carbons (Fsp3) is 0.629. The fourth-order valence-corrected chi connectivity index (χ4v) is 6.27. The predicted molar refractivity (Wildman–Crippen MR) is 173 cm³/mol. The molecular formula is C35H55FN4O2. The molecule has 2 aliphatic heterocycles. The quantitative estimate of drug-likeness (QED) is 0.209. The summed E-state index contributed by atoms with van der Waals surface area (Å²) in [6.45, 7) is 17.8. The van der Waals surface area contributed by atoms with Gasteiger partial charge < -0.3 is 14.4 Å². The number of aliphatic imine (C=N–C) groups is 1. The van der Waals surface area contributed by atoms with Crippen molar-refractivity contribution in [2.45, 2.75) is 98.7 Å². The molecule has 0 radical (unpaired) electrons. The second-order valence-corrected chi connectivity index (χ2v) is 12.6. The van der Waals surface area contributed by atoms with Crippen LogP contribution in [0.4, 0.5) is 4.39 Å². The molecule has 1 fully saturated rings. The summed E-state index contributed by atoms with van der Waals surface area (Å²) in [6, 6.07) is 0.462. The summed E-state index contributed by atoms with van der Waals surface area (Å²) < 4.78 is 28.3. The van der Waals surface area contributed by atoms with E-state index in [0.29, 0.717) is 60.1 Å². The zero-order valence-corrected chi connectivity index (χ0v) is 27.4. The Balaban J connectivity index is 1.91. The monoisotopic (exact) mass is 582 g/mol. The molecule has 234 valence electrons. The first-order valence-corrected chi connectivity index (χ1v) is 15.8. The molecule has 0 aromatic rings. The molecular weight excluding hydrogens is 527 g/mol. The molecule has 42 heavy (non-hydrogen) atoms. The third-order valence-corrected chi connectivity index (χ3v) is 9.27. The first-order valence-electron chi connectivity index (χ1n) is 15.8. The zero-order valence-electron chi connectivity index (χ0n) is 27.4. The van der Waals surface area contributed by atoms with E-state index in [1.807, 2.05) is 24.9 Å². The molecule has 7 heteroatoms. The summed E-state index contributed by atoms with van der Waals surface area (Å²) in [6.07, 6.45) is 15.0. The van der Waals surface area contributed by atoms with Gasteiger partial charge in [-0.05, 0) is 69.4 Å². The molecule has 1 saturated heterocycles. The lowest BCUT2D eigenvalue weighted by Crippen LogP contribution is -2.55. The van der Waals surface area contributed by atoms with Gasteiger partial charge in [-0.2, -0.15) is 4.99 Å². The fourth-order valence-electron chi connectivity index (χ4n) is 6.27. The van der Waals surface area contributed by atoms with Gasteiger partial charge in [0.15, 0.2) is 0 Å². The van der Waals surface area contributed by atoms with E-state index in [0.717, 1.165) is 32.1 Å². The number of ether oxygens (including phenoxy) is 2. The van der Waals surface area contributed by atoms with Crippen molar-refractivity contribution in [1.29, 1.82) is 0 Å². The lowest BCUT2D eigenvalue weighted by molar-refractivity contribution is 0.00127. The Morgan fingerprint density at radius 3 is 2.69 bits per heavy atom. The maximum absolute atomic E-state index is 16.3. The number of hydrogen-bond donors (Lipinski definition) is 1. The molecule has 4 unspecified atom stereocenters. The molecule has 0 amide bonds. The van der Waals surface area contributed by atoms with Gasteiger partial charge in [0.1, 0.15) is 30.6 Å². The highest BCUT2D eigenvalue weighted by molar-refractivity contribution is 5.77. The Morgan fingerprint density at radius 1 is 1.29 bits per heavy atom. The van der Waals surface area contributed by atoms with Gasteiger partial charge in [0, 0.05) is 25.1 Å². The van der Waals surface area contributed by atoms with Crippen molar-refractivity contribution in [3.63, 3.8) is 0 Å². The summed E-state index contributed by atoms with van der Waals surface area (Å²) in [7, 11) is 4.05. The SMILES string of the molecule is C=C1OCC(C(C)CCC(C)C)N(C)C2CC1=C(/C(F)=C(\C)C/C=C\C=C1\CCC=C(CC)C1C)N=C(OCN)N2C. The normalized spacial score (nSPS) is 26.5. The highest BCUT2D eigenvalue weighted by atomic mass is 19.1. The molecule has 0 saturated carbocycles. The van der Waals surface area contributed by atoms with Crippen LogP contribution < -0.4 is 5.73 Å². The summed E-state index contributed by atoms with van der Waals surface area (Å²) in [5.74, 6) is 1.63. The smallest absolute Gasteiger partial charge is 0.295 e. The molecule has 1 aliphatic carbocycles. The van der Waals surface area contributed by atoms with Crippen molar-refractivity contribution < 1.29 is 13.9 Å². The number of halogens is 1. The number of nitrogens with zero attached hydrogens (tertiary/aromatic N) is 3. The van der Waals surface area contributed by atoms with Gasteiger partial charge in [-0.3, -0.25) is 10.6 Å². The Kier molecular flexibility index (Phi) is 12.7. The molecule has 0 aromatic carbocycles. The van der Waals surface area contributed by atoms with E-state index < -0.39 is 0 Å². The average Bonchev–Trinajstić information content (AvgIpc) is 3.10. The number of allylic oxidation sites excluding steroid dienone is 9. The van der Waals surface area contributed by atoms with Gasteiger partial charge >= 0.3 is 0 Å². The van der Waals surface area contributed by atoms with E-state index in [1.165, 1.54) is 11.1 Å². The molecule has 3 aliphatic rings. The maximum Gasteiger partial charge on any atom is 0.295 e. The minimum Gasteiger partial charge on any atom is -0.492 e. The van der Waals surface area contributed by atoms with Gasteiger partial charge in [0.05, 0.1) is 6.17 Å². The topological polar surface area (TPSA) is 63.3 Å². The van der Waals surface area contributed by atoms with Gasteiger partial charge in [-0.15, -0.1) is 0 Å². The summed E-state index contributed by atoms with van der Waals surface area (Å²) >= 11 is 0. The number of amidine groups is 1. The lowest BCUT2D eigenvalue weighted by Gasteiger charge is -2.43. The molecule has 6 nitrogen and oxygen atoms in total. The summed E-state index contributed by atoms with van der Waals surface area (Å²) in [5, 5.41) is 0. The molecule has 4 atom stereocenters. The number of likely N-dealkylation sites (N-methyl/N-ethyl adjacent to an activating group) is 1. The van der Waals surface area contributed by atoms with Crippen LogP contribution >= 0.6 is 0 Å². The summed E-state index contributed by atoms with van der Waals surface area (Å²) in [5.41, 5.74) is 10.2. The molecule has 2 N–H and O–H groups in total. The van der Waals surface area contributed by atoms with E-state index in [9.17, 15) is 0 Å². The predicted octanol–water partition coefficient (Wildman–Crippen LogP) is 7.99. The van der Waals surface area contributed by atoms with E-state index >= 15 is 4.39 Å². The van der Waals surface area contributed by atoms with E-state index in [2.05, 4.69) is 71.4 Å². The van der Waals surface area contributed by atoms with E-state index in [4.69, 9.17) is 20.2 Å². The van der Waals surface area contributed by atoms with Crippen LogP contribution in [0.3, 0.4) is 0 Å². The third-order valence-electron chi connectivity index (χ3n) is 9.27. The summed E-state index contributed by atoms with van der Waals surface area (Å²) in [4.78, 5) is 9.01. The molecule has 0 aromatic heterocycles. The number of nitrogens with two attached hydrogens (primary N) is 1. The molecule has 2 bridgehead atoms. The standard InChI is InChI=1S/C35H55FN4O2/c1-10-28-16-13-17-29(26(28)6)15-12-11-14-25(5)33(36)34-30-20-32(40(9)35(38-34)42-22-37)39(8)31(21-41-27(30)7)24(4)19-18-23(2)3/h11-12,15-16,23-24,26,31-32H,7,10,13-14,17-22,37H2,1-6,8-9H3/b12-11-,29-15-,33-25-. The molecule has 3 rings (SSSR count). The van der Waals surface area contributed by atoms with Crippen molar-refractivity contribution in [3.05, 3.63) is 70.5 Å². The van der Waals surface area contributed by atoms with Crippen molar-refractivity contribution >= 4 is 6.02 Å². The van der Waals surface area contributed by atoms with E-state index in [-0.39, 0.29) is 30.5 Å². The van der Waals surface area contributed by atoms with Crippen LogP contribution in [-0.2, 0) is 9.47 Å². The first kappa shape index (κ1) is 33.9. The largest absolute Gasteiger partial charge is 0.492 e. The van der Waals surface area contributed by atoms with Crippen LogP contribution in [0.15, 0.2) is 75.5 Å². The second kappa shape index (κ2) is 15.7. The van der Waals surface area contributed by atoms with Crippen LogP contribution in [-0.4, -0.2) is 55.5 Å². The van der Waals surface area contributed by atoms with Crippen LogP contribution in [0, 0.1) is 17.8 Å². The van der Waals surface area contributed by atoms with Crippen molar-refractivity contribution in [2.24, 2.45) is 28.5 Å². The maximum atomic E-state index is 16.3. The van der Waals surface area contributed by atoms with Crippen molar-refractivity contribution in [3.8, 4) is 0 Å². The van der Waals surface area contributed by atoms with Crippen LogP contribution in [0.1, 0.15) is 86.5 Å².